The molecule has 2 rings (SSSR count). The van der Waals surface area contributed by atoms with E-state index in [-0.39, 0.29) is 0 Å². The second-order valence-electron chi connectivity index (χ2n) is 4.49. The first-order valence-corrected chi connectivity index (χ1v) is 8.38. The molecule has 0 amide bonds. The minimum atomic E-state index is 1.25. The van der Waals surface area contributed by atoms with Crippen LogP contribution in [-0.2, 0) is 6.42 Å². The minimum Gasteiger partial charge on any atom is -0.152 e. The van der Waals surface area contributed by atoms with Gasteiger partial charge in [-0.1, -0.05) is 32.6 Å². The molecule has 0 nitrogen and oxygen atoms in total. The number of aryl methyl sites for hydroxylation is 1. The summed E-state index contributed by atoms with van der Waals surface area (Å²) < 4.78 is 0. The molecule has 0 spiro atoms. The highest BCUT2D eigenvalue weighted by atomic mass is 32.1. The Morgan fingerprint density at radius 2 is 1.82 bits per heavy atom. The van der Waals surface area contributed by atoms with Gasteiger partial charge in [0.1, 0.15) is 0 Å². The Morgan fingerprint density at radius 1 is 0.941 bits per heavy atom. The number of thiophene rings is 2. The molecule has 0 aliphatic carbocycles. The molecule has 0 aliphatic heterocycles. The lowest BCUT2D eigenvalue weighted by molar-refractivity contribution is 0.633. The van der Waals surface area contributed by atoms with E-state index in [1.54, 1.807) is 16.9 Å². The van der Waals surface area contributed by atoms with E-state index >= 15 is 0 Å². The maximum absolute atomic E-state index is 2.33. The van der Waals surface area contributed by atoms with Crippen LogP contribution in [0, 0.1) is 0 Å². The van der Waals surface area contributed by atoms with Gasteiger partial charge in [-0.05, 0) is 57.1 Å². The van der Waals surface area contributed by atoms with Gasteiger partial charge in [-0.25, -0.2) is 0 Å². The van der Waals surface area contributed by atoms with Gasteiger partial charge >= 0.3 is 0 Å². The molecular weight excluding hydrogens is 244 g/mol. The Labute approximate surface area is 112 Å². The highest BCUT2D eigenvalue weighted by Gasteiger charge is 2.06. The summed E-state index contributed by atoms with van der Waals surface area (Å²) in [6.07, 6.45) is 8.09. The molecule has 92 valence electrons. The van der Waals surface area contributed by atoms with E-state index in [0.29, 0.717) is 0 Å². The van der Waals surface area contributed by atoms with Crippen LogP contribution in [0.1, 0.15) is 44.6 Å². The van der Waals surface area contributed by atoms with Gasteiger partial charge in [0.05, 0.1) is 0 Å². The third-order valence-corrected chi connectivity index (χ3v) is 4.60. The summed E-state index contributed by atoms with van der Waals surface area (Å²) >= 11 is 3.62. The summed E-state index contributed by atoms with van der Waals surface area (Å²) in [5, 5.41) is 9.04. The SMILES string of the molecule is CCCCCCCc1cscc1-c1ccsc1. The van der Waals surface area contributed by atoms with Gasteiger partial charge in [-0.15, -0.1) is 0 Å². The van der Waals surface area contributed by atoms with Crippen LogP contribution in [0.2, 0.25) is 0 Å². The van der Waals surface area contributed by atoms with E-state index in [2.05, 4.69) is 34.5 Å². The van der Waals surface area contributed by atoms with Gasteiger partial charge in [0, 0.05) is 0 Å². The smallest absolute Gasteiger partial charge is 0.00116 e. The van der Waals surface area contributed by atoms with Gasteiger partial charge in [0.15, 0.2) is 0 Å². The fraction of sp³-hybridized carbons (Fsp3) is 0.467. The maximum Gasteiger partial charge on any atom is -0.00116 e. The van der Waals surface area contributed by atoms with Crippen molar-refractivity contribution in [3.63, 3.8) is 0 Å². The van der Waals surface area contributed by atoms with E-state index in [0.717, 1.165) is 0 Å². The monoisotopic (exact) mass is 264 g/mol. The Kier molecular flexibility index (Phi) is 5.27. The number of unbranched alkanes of at least 4 members (excludes halogenated alkanes) is 4. The Balaban J connectivity index is 1.87. The van der Waals surface area contributed by atoms with Crippen LogP contribution in [-0.4, -0.2) is 0 Å². The van der Waals surface area contributed by atoms with E-state index < -0.39 is 0 Å². The summed E-state index contributed by atoms with van der Waals surface area (Å²) in [6, 6.07) is 2.23. The summed E-state index contributed by atoms with van der Waals surface area (Å²) in [4.78, 5) is 0. The van der Waals surface area contributed by atoms with E-state index in [4.69, 9.17) is 0 Å². The minimum absolute atomic E-state index is 1.25. The largest absolute Gasteiger partial charge is 0.152 e. The molecular formula is C15H20S2. The quantitative estimate of drug-likeness (QED) is 0.539. The molecule has 0 saturated carbocycles. The van der Waals surface area contributed by atoms with E-state index in [1.807, 2.05) is 11.3 Å². The van der Waals surface area contributed by atoms with Crippen LogP contribution in [0.3, 0.4) is 0 Å². The number of rotatable bonds is 7. The van der Waals surface area contributed by atoms with Crippen molar-refractivity contribution in [3.05, 3.63) is 33.2 Å². The first kappa shape index (κ1) is 12.8. The fourth-order valence-corrected chi connectivity index (χ4v) is 3.66. The van der Waals surface area contributed by atoms with Gasteiger partial charge in [-0.2, -0.15) is 22.7 Å². The van der Waals surface area contributed by atoms with Crippen LogP contribution < -0.4 is 0 Å². The molecule has 0 aliphatic rings. The summed E-state index contributed by atoms with van der Waals surface area (Å²) in [6.45, 7) is 2.27. The van der Waals surface area contributed by atoms with E-state index in [9.17, 15) is 0 Å². The van der Waals surface area contributed by atoms with Crippen LogP contribution in [0.25, 0.3) is 11.1 Å². The highest BCUT2D eigenvalue weighted by Crippen LogP contribution is 2.30. The first-order chi connectivity index (χ1) is 8.42. The van der Waals surface area contributed by atoms with Gasteiger partial charge < -0.3 is 0 Å². The molecule has 0 aromatic carbocycles. The normalized spacial score (nSPS) is 10.9. The lowest BCUT2D eigenvalue weighted by Gasteiger charge is -2.02. The zero-order valence-electron chi connectivity index (χ0n) is 10.4. The van der Waals surface area contributed by atoms with Crippen molar-refractivity contribution in [1.82, 2.24) is 0 Å². The number of hydrogen-bond acceptors (Lipinski definition) is 2. The van der Waals surface area contributed by atoms with Crippen LogP contribution in [0.4, 0.5) is 0 Å². The molecule has 0 radical (unpaired) electrons. The molecule has 0 atom stereocenters. The summed E-state index contributed by atoms with van der Waals surface area (Å²) in [5.74, 6) is 0. The predicted octanol–water partition coefficient (Wildman–Crippen LogP) is 5.99. The lowest BCUT2D eigenvalue weighted by atomic mass is 10.0. The van der Waals surface area contributed by atoms with Crippen molar-refractivity contribution in [2.75, 3.05) is 0 Å². The Hall–Kier alpha value is -0.600. The molecule has 2 aromatic heterocycles. The summed E-state index contributed by atoms with van der Waals surface area (Å²) in [7, 11) is 0. The molecule has 0 saturated heterocycles. The van der Waals surface area contributed by atoms with Crippen molar-refractivity contribution >= 4 is 22.7 Å². The van der Waals surface area contributed by atoms with E-state index in [1.165, 1.54) is 49.7 Å². The van der Waals surface area contributed by atoms with Gasteiger partial charge in [0.25, 0.3) is 0 Å². The zero-order valence-corrected chi connectivity index (χ0v) is 12.1. The Morgan fingerprint density at radius 3 is 2.59 bits per heavy atom. The van der Waals surface area contributed by atoms with Crippen molar-refractivity contribution in [2.24, 2.45) is 0 Å². The van der Waals surface area contributed by atoms with Crippen LogP contribution in [0.5, 0.6) is 0 Å². The first-order valence-electron chi connectivity index (χ1n) is 6.49. The second-order valence-corrected chi connectivity index (χ2v) is 6.01. The third-order valence-electron chi connectivity index (χ3n) is 3.12. The standard InChI is InChI=1S/C15H20S2/c1-2-3-4-5-6-7-13-11-17-12-15(13)14-8-9-16-10-14/h8-12H,2-7H2,1H3. The van der Waals surface area contributed by atoms with Crippen LogP contribution in [0.15, 0.2) is 27.6 Å². The summed E-state index contributed by atoms with van der Waals surface area (Å²) in [5.41, 5.74) is 4.41. The Bertz CT molecular complexity index is 412. The topological polar surface area (TPSA) is 0 Å². The highest BCUT2D eigenvalue weighted by molar-refractivity contribution is 7.09. The molecule has 17 heavy (non-hydrogen) atoms. The van der Waals surface area contributed by atoms with Gasteiger partial charge in [0.2, 0.25) is 0 Å². The third kappa shape index (κ3) is 3.68. The van der Waals surface area contributed by atoms with Gasteiger partial charge in [-0.3, -0.25) is 0 Å². The fourth-order valence-electron chi connectivity index (χ4n) is 2.11. The maximum atomic E-state index is 2.33. The van der Waals surface area contributed by atoms with Crippen molar-refractivity contribution in [2.45, 2.75) is 45.4 Å². The molecule has 0 fully saturated rings. The molecule has 0 unspecified atom stereocenters. The molecule has 0 N–H and O–H groups in total. The molecule has 2 heteroatoms. The zero-order chi connectivity index (χ0) is 11.9. The van der Waals surface area contributed by atoms with Crippen molar-refractivity contribution in [3.8, 4) is 11.1 Å². The second kappa shape index (κ2) is 6.97. The number of hydrogen-bond donors (Lipinski definition) is 0. The van der Waals surface area contributed by atoms with Crippen molar-refractivity contribution < 1.29 is 0 Å². The van der Waals surface area contributed by atoms with Crippen molar-refractivity contribution in [1.29, 1.82) is 0 Å². The molecule has 2 aromatic rings. The molecule has 2 heterocycles. The molecule has 0 bridgehead atoms. The average molecular weight is 264 g/mol. The average Bonchev–Trinajstić information content (AvgIpc) is 2.98. The lowest BCUT2D eigenvalue weighted by Crippen LogP contribution is -1.86. The predicted molar refractivity (Wildman–Crippen MR) is 80.1 cm³/mol. The van der Waals surface area contributed by atoms with Crippen LogP contribution >= 0.6 is 22.7 Å².